The van der Waals surface area contributed by atoms with Crippen LogP contribution in [0.3, 0.4) is 0 Å². The molecule has 0 saturated heterocycles. The summed E-state index contributed by atoms with van der Waals surface area (Å²) in [7, 11) is 0. The molecule has 0 bridgehead atoms. The Hall–Kier alpha value is -1.81. The van der Waals surface area contributed by atoms with Gasteiger partial charge in [0.15, 0.2) is 0 Å². The molecular weight excluding hydrogens is 228 g/mol. The van der Waals surface area contributed by atoms with E-state index < -0.39 is 0 Å². The molecule has 1 amide bonds. The van der Waals surface area contributed by atoms with E-state index in [-0.39, 0.29) is 5.91 Å². The summed E-state index contributed by atoms with van der Waals surface area (Å²) in [5.41, 5.74) is 7.07. The Morgan fingerprint density at radius 1 is 1.39 bits per heavy atom. The highest BCUT2D eigenvalue weighted by Crippen LogP contribution is 2.25. The van der Waals surface area contributed by atoms with Gasteiger partial charge in [-0.25, -0.2) is 0 Å². The van der Waals surface area contributed by atoms with Gasteiger partial charge in [0, 0.05) is 18.0 Å². The molecule has 3 N–H and O–H groups in total. The second-order valence-electron chi connectivity index (χ2n) is 4.95. The highest BCUT2D eigenvalue weighted by Gasteiger charge is 2.26. The number of hydrogen-bond acceptors (Lipinski definition) is 3. The number of nitrogens with one attached hydrogen (secondary N) is 1. The molecule has 1 fully saturated rings. The van der Waals surface area contributed by atoms with Gasteiger partial charge in [-0.3, -0.25) is 4.79 Å². The predicted molar refractivity (Wildman–Crippen MR) is 69.2 cm³/mol. The van der Waals surface area contributed by atoms with Crippen molar-refractivity contribution in [3.63, 3.8) is 0 Å². The molecule has 0 unspecified atom stereocenters. The smallest absolute Gasteiger partial charge is 0.255 e. The number of furan rings is 1. The van der Waals surface area contributed by atoms with Gasteiger partial charge in [0.25, 0.3) is 5.91 Å². The Bertz CT molecular complexity index is 570. The van der Waals surface area contributed by atoms with Crippen molar-refractivity contribution in [1.82, 2.24) is 5.32 Å². The van der Waals surface area contributed by atoms with Gasteiger partial charge in [0.05, 0.1) is 5.56 Å². The molecule has 1 aliphatic carbocycles. The summed E-state index contributed by atoms with van der Waals surface area (Å²) in [6, 6.07) is 7.87. The zero-order valence-corrected chi connectivity index (χ0v) is 10.1. The Morgan fingerprint density at radius 2 is 2.17 bits per heavy atom. The number of benzene rings is 1. The lowest BCUT2D eigenvalue weighted by atomic mass is 9.81. The van der Waals surface area contributed by atoms with E-state index in [0.717, 1.165) is 23.8 Å². The van der Waals surface area contributed by atoms with Gasteiger partial charge in [-0.1, -0.05) is 18.2 Å². The van der Waals surface area contributed by atoms with Crippen LogP contribution in [0.5, 0.6) is 0 Å². The maximum atomic E-state index is 12.0. The van der Waals surface area contributed by atoms with Crippen LogP contribution in [0.25, 0.3) is 11.0 Å². The van der Waals surface area contributed by atoms with Crippen molar-refractivity contribution >= 4 is 16.9 Å². The van der Waals surface area contributed by atoms with Crippen LogP contribution in [0.15, 0.2) is 34.9 Å². The number of carbonyl (C=O) groups excluding carboxylic acids is 1. The molecule has 0 aliphatic heterocycles. The van der Waals surface area contributed by atoms with E-state index in [2.05, 4.69) is 5.32 Å². The molecule has 1 aromatic heterocycles. The van der Waals surface area contributed by atoms with Crippen LogP contribution in [0.4, 0.5) is 0 Å². The maximum absolute atomic E-state index is 12.0. The van der Waals surface area contributed by atoms with E-state index in [1.807, 2.05) is 24.3 Å². The monoisotopic (exact) mass is 244 g/mol. The lowest BCUT2D eigenvalue weighted by Crippen LogP contribution is -2.42. The minimum absolute atomic E-state index is 0.0691. The Kier molecular flexibility index (Phi) is 2.80. The van der Waals surface area contributed by atoms with Crippen LogP contribution in [-0.4, -0.2) is 18.5 Å². The first-order chi connectivity index (χ1) is 8.74. The molecule has 1 heterocycles. The topological polar surface area (TPSA) is 68.3 Å². The summed E-state index contributed by atoms with van der Waals surface area (Å²) in [4.78, 5) is 12.0. The molecule has 94 valence electrons. The highest BCUT2D eigenvalue weighted by molar-refractivity contribution is 6.05. The van der Waals surface area contributed by atoms with Crippen molar-refractivity contribution < 1.29 is 9.21 Å². The molecular formula is C14H16N2O2. The van der Waals surface area contributed by atoms with Crippen molar-refractivity contribution in [1.29, 1.82) is 0 Å². The zero-order chi connectivity index (χ0) is 12.5. The van der Waals surface area contributed by atoms with Crippen LogP contribution in [0.2, 0.25) is 0 Å². The van der Waals surface area contributed by atoms with Crippen LogP contribution < -0.4 is 11.1 Å². The van der Waals surface area contributed by atoms with Crippen LogP contribution >= 0.6 is 0 Å². The Morgan fingerprint density at radius 3 is 2.94 bits per heavy atom. The molecule has 2 aromatic rings. The summed E-state index contributed by atoms with van der Waals surface area (Å²) in [5.74, 6) is 0.461. The van der Waals surface area contributed by atoms with E-state index in [1.54, 1.807) is 0 Å². The van der Waals surface area contributed by atoms with E-state index in [9.17, 15) is 4.79 Å². The van der Waals surface area contributed by atoms with Crippen LogP contribution in [0, 0.1) is 5.92 Å². The van der Waals surface area contributed by atoms with E-state index in [0.29, 0.717) is 24.1 Å². The molecule has 4 heteroatoms. The molecule has 1 saturated carbocycles. The van der Waals surface area contributed by atoms with Gasteiger partial charge >= 0.3 is 0 Å². The van der Waals surface area contributed by atoms with Crippen molar-refractivity contribution in [2.45, 2.75) is 18.9 Å². The summed E-state index contributed by atoms with van der Waals surface area (Å²) in [6.07, 6.45) is 3.53. The fourth-order valence-corrected chi connectivity index (χ4v) is 2.44. The van der Waals surface area contributed by atoms with E-state index in [1.165, 1.54) is 6.26 Å². The first-order valence-electron chi connectivity index (χ1n) is 6.24. The first-order valence-corrected chi connectivity index (χ1v) is 6.24. The second kappa shape index (κ2) is 4.46. The van der Waals surface area contributed by atoms with Crippen LogP contribution in [0.1, 0.15) is 23.2 Å². The van der Waals surface area contributed by atoms with E-state index >= 15 is 0 Å². The summed E-state index contributed by atoms with van der Waals surface area (Å²) < 4.78 is 5.35. The van der Waals surface area contributed by atoms with Gasteiger partial charge in [0.2, 0.25) is 0 Å². The summed E-state index contributed by atoms with van der Waals surface area (Å²) in [5, 5.41) is 3.81. The number of carbonyl (C=O) groups is 1. The minimum atomic E-state index is -0.0691. The van der Waals surface area contributed by atoms with Gasteiger partial charge in [-0.2, -0.15) is 0 Å². The molecule has 0 radical (unpaired) electrons. The third-order valence-corrected chi connectivity index (χ3v) is 3.55. The average Bonchev–Trinajstić information content (AvgIpc) is 2.76. The predicted octanol–water partition coefficient (Wildman–Crippen LogP) is 1.90. The maximum Gasteiger partial charge on any atom is 0.255 e. The number of nitrogens with two attached hydrogens (primary N) is 1. The third kappa shape index (κ3) is 1.99. The average molecular weight is 244 g/mol. The molecule has 0 atom stereocenters. The summed E-state index contributed by atoms with van der Waals surface area (Å²) >= 11 is 0. The second-order valence-corrected chi connectivity index (χ2v) is 4.95. The van der Waals surface area contributed by atoms with Gasteiger partial charge < -0.3 is 15.5 Å². The van der Waals surface area contributed by atoms with Gasteiger partial charge in [-0.15, -0.1) is 0 Å². The normalized spacial score (nSPS) is 22.7. The van der Waals surface area contributed by atoms with Gasteiger partial charge in [-0.05, 0) is 24.8 Å². The first kappa shape index (κ1) is 11.3. The highest BCUT2D eigenvalue weighted by atomic mass is 16.3. The van der Waals surface area contributed by atoms with Crippen LogP contribution in [-0.2, 0) is 0 Å². The number of para-hydroxylation sites is 1. The Labute approximate surface area is 105 Å². The molecule has 4 nitrogen and oxygen atoms in total. The van der Waals surface area contributed by atoms with Crippen molar-refractivity contribution in [2.75, 3.05) is 6.54 Å². The lowest BCUT2D eigenvalue weighted by molar-refractivity contribution is 0.0936. The number of hydrogen-bond donors (Lipinski definition) is 2. The Balaban J connectivity index is 1.68. The number of rotatable bonds is 3. The minimum Gasteiger partial charge on any atom is -0.463 e. The van der Waals surface area contributed by atoms with Crippen molar-refractivity contribution in [3.8, 4) is 0 Å². The van der Waals surface area contributed by atoms with Crippen molar-refractivity contribution in [2.24, 2.45) is 11.7 Å². The standard InChI is InChI=1S/C14H16N2O2/c15-10-5-9(6-10)7-16-14(17)12-8-18-13-4-2-1-3-11(12)13/h1-4,8-10H,5-7,15H2,(H,16,17). The SMILES string of the molecule is NC1CC(CNC(=O)c2coc3ccccc23)C1. The summed E-state index contributed by atoms with van der Waals surface area (Å²) in [6.45, 7) is 0.700. The zero-order valence-electron chi connectivity index (χ0n) is 10.1. The van der Waals surface area contributed by atoms with Gasteiger partial charge in [0.1, 0.15) is 11.8 Å². The van der Waals surface area contributed by atoms with Crippen molar-refractivity contribution in [3.05, 3.63) is 36.1 Å². The molecule has 1 aromatic carbocycles. The molecule has 18 heavy (non-hydrogen) atoms. The third-order valence-electron chi connectivity index (χ3n) is 3.55. The number of fused-ring (bicyclic) bond motifs is 1. The molecule has 0 spiro atoms. The fourth-order valence-electron chi connectivity index (χ4n) is 2.44. The largest absolute Gasteiger partial charge is 0.463 e. The quantitative estimate of drug-likeness (QED) is 0.866. The fraction of sp³-hybridized carbons (Fsp3) is 0.357. The molecule has 3 rings (SSSR count). The number of amides is 1. The van der Waals surface area contributed by atoms with E-state index in [4.69, 9.17) is 10.2 Å². The molecule has 1 aliphatic rings. The lowest BCUT2D eigenvalue weighted by Gasteiger charge is -2.32.